The number of halogens is 12. The van der Waals surface area contributed by atoms with Gasteiger partial charge in [-0.15, -0.1) is 0 Å². The van der Waals surface area contributed by atoms with Gasteiger partial charge in [-0.25, -0.2) is 0 Å². The fourth-order valence-corrected chi connectivity index (χ4v) is 5.89. The van der Waals surface area contributed by atoms with Crippen molar-refractivity contribution < 1.29 is 52.7 Å². The van der Waals surface area contributed by atoms with Crippen molar-refractivity contribution in [1.82, 2.24) is 4.67 Å². The van der Waals surface area contributed by atoms with Crippen molar-refractivity contribution in [1.29, 1.82) is 0 Å². The zero-order valence-corrected chi connectivity index (χ0v) is 18.2. The van der Waals surface area contributed by atoms with E-state index in [-0.39, 0.29) is 25.2 Å². The molecule has 0 fully saturated rings. The molecule has 0 saturated heterocycles. The van der Waals surface area contributed by atoms with E-state index in [4.69, 9.17) is 0 Å². The Morgan fingerprint density at radius 1 is 0.559 bits per heavy atom. The highest BCUT2D eigenvalue weighted by Crippen LogP contribution is 2.47. The van der Waals surface area contributed by atoms with E-state index in [0.717, 1.165) is 4.67 Å². The Bertz CT molecular complexity index is 925. The minimum Gasteiger partial charge on any atom is -0.275 e. The fraction of sp³-hybridized carbons (Fsp3) is 0.400. The molecule has 0 amide bonds. The van der Waals surface area contributed by atoms with Crippen LogP contribution in [0.5, 0.6) is 0 Å². The van der Waals surface area contributed by atoms with Gasteiger partial charge in [0, 0.05) is 18.7 Å². The first kappa shape index (κ1) is 28.2. The van der Waals surface area contributed by atoms with E-state index in [9.17, 15) is 52.7 Å². The minimum absolute atomic E-state index is 0.126. The van der Waals surface area contributed by atoms with E-state index in [0.29, 0.717) is 24.3 Å². The van der Waals surface area contributed by atoms with Crippen molar-refractivity contribution in [3.05, 3.63) is 58.7 Å². The average Bonchev–Trinajstić information content (AvgIpc) is 2.68. The quantitative estimate of drug-likeness (QED) is 0.287. The van der Waals surface area contributed by atoms with E-state index >= 15 is 0 Å². The topological polar surface area (TPSA) is 3.24 Å². The monoisotopic (exact) mass is 529 g/mol. The second-order valence-corrected chi connectivity index (χ2v) is 9.06. The summed E-state index contributed by atoms with van der Waals surface area (Å²) in [6, 6.07) is 1.08. The minimum atomic E-state index is -5.38. The lowest BCUT2D eigenvalue weighted by Gasteiger charge is -2.34. The van der Waals surface area contributed by atoms with Crippen LogP contribution < -0.4 is 10.6 Å². The third kappa shape index (κ3) is 6.16. The average molecular weight is 529 g/mol. The molecule has 34 heavy (non-hydrogen) atoms. The van der Waals surface area contributed by atoms with Crippen LogP contribution in [0.2, 0.25) is 0 Å². The van der Waals surface area contributed by atoms with Gasteiger partial charge in [-0.2, -0.15) is 52.7 Å². The van der Waals surface area contributed by atoms with Gasteiger partial charge in [-0.05, 0) is 37.4 Å². The van der Waals surface area contributed by atoms with Gasteiger partial charge in [0.15, 0.2) is 0 Å². The van der Waals surface area contributed by atoms with Crippen LogP contribution in [0, 0.1) is 0 Å². The van der Waals surface area contributed by atoms with Gasteiger partial charge in [0.2, 0.25) is 0 Å². The molecule has 0 heterocycles. The van der Waals surface area contributed by atoms with E-state index in [2.05, 4.69) is 0 Å². The number of benzene rings is 2. The zero-order chi connectivity index (χ0) is 26.3. The highest BCUT2D eigenvalue weighted by molar-refractivity contribution is 7.71. The number of hydrogen-bond donors (Lipinski definition) is 0. The second kappa shape index (κ2) is 9.56. The van der Waals surface area contributed by atoms with Crippen LogP contribution in [0.1, 0.15) is 36.1 Å². The summed E-state index contributed by atoms with van der Waals surface area (Å²) in [7, 11) is -2.82. The molecule has 0 saturated carbocycles. The van der Waals surface area contributed by atoms with Crippen molar-refractivity contribution in [2.45, 2.75) is 38.6 Å². The molecular weight excluding hydrogens is 513 g/mol. The molecule has 0 aliphatic carbocycles. The first-order valence-corrected chi connectivity index (χ1v) is 10.7. The van der Waals surface area contributed by atoms with Crippen molar-refractivity contribution >= 4 is 18.7 Å². The molecule has 0 N–H and O–H groups in total. The Hall–Kier alpha value is -2.01. The standard InChI is InChI=1S/C20H16F12NP/c1-3-33(4-2)34(15-7-5-11(17(21,22)23)9-13(15)19(27,28)29)16-8-6-12(18(24,25)26)10-14(16)20(30,31)32/h5-10H,3-4H2,1-2H3. The lowest BCUT2D eigenvalue weighted by molar-refractivity contribution is -0.144. The number of rotatable bonds is 5. The highest BCUT2D eigenvalue weighted by atomic mass is 31.1. The molecule has 1 nitrogen and oxygen atoms in total. The number of hydrogen-bond acceptors (Lipinski definition) is 1. The van der Waals surface area contributed by atoms with Crippen LogP contribution in [0.4, 0.5) is 52.7 Å². The molecule has 0 spiro atoms. The van der Waals surface area contributed by atoms with Gasteiger partial charge in [0.1, 0.15) is 0 Å². The van der Waals surface area contributed by atoms with Crippen LogP contribution in [0.3, 0.4) is 0 Å². The van der Waals surface area contributed by atoms with Crippen molar-refractivity contribution in [3.63, 3.8) is 0 Å². The van der Waals surface area contributed by atoms with Crippen molar-refractivity contribution in [2.24, 2.45) is 0 Å². The number of alkyl halides is 12. The van der Waals surface area contributed by atoms with E-state index in [1.807, 2.05) is 0 Å². The van der Waals surface area contributed by atoms with Crippen molar-refractivity contribution in [3.8, 4) is 0 Å². The SMILES string of the molecule is CCN(CC)P(c1ccc(C(F)(F)F)cc1C(F)(F)F)c1ccc(C(F)(F)F)cc1C(F)(F)F. The lowest BCUT2D eigenvalue weighted by Crippen LogP contribution is -2.35. The number of nitrogens with zero attached hydrogens (tertiary/aromatic N) is 1. The van der Waals surface area contributed by atoms with E-state index in [1.54, 1.807) is 0 Å². The fourth-order valence-electron chi connectivity index (χ4n) is 3.19. The summed E-state index contributed by atoms with van der Waals surface area (Å²) in [5, 5.41) is -1.77. The summed E-state index contributed by atoms with van der Waals surface area (Å²) in [6.07, 6.45) is -21.1. The molecule has 14 heteroatoms. The zero-order valence-electron chi connectivity index (χ0n) is 17.3. The molecule has 0 aromatic heterocycles. The molecule has 0 radical (unpaired) electrons. The summed E-state index contributed by atoms with van der Waals surface area (Å²) in [6.45, 7) is 2.54. The van der Waals surface area contributed by atoms with Crippen LogP contribution in [0.25, 0.3) is 0 Å². The smallest absolute Gasteiger partial charge is 0.275 e. The maximum atomic E-state index is 13.8. The Kier molecular flexibility index (Phi) is 7.94. The molecule has 0 unspecified atom stereocenters. The third-order valence-corrected chi connectivity index (χ3v) is 7.55. The molecule has 2 aromatic rings. The predicted octanol–water partition coefficient (Wildman–Crippen LogP) is 7.45. The summed E-state index contributed by atoms with van der Waals surface area (Å²) < 4.78 is 162. The Balaban J connectivity index is 2.95. The first-order chi connectivity index (χ1) is 15.3. The van der Waals surface area contributed by atoms with Gasteiger partial charge < -0.3 is 0 Å². The maximum Gasteiger partial charge on any atom is 0.417 e. The predicted molar refractivity (Wildman–Crippen MR) is 102 cm³/mol. The molecule has 2 rings (SSSR count). The Labute approximate surface area is 187 Å². The van der Waals surface area contributed by atoms with E-state index in [1.165, 1.54) is 13.8 Å². The molecular formula is C20H16F12NP. The molecule has 190 valence electrons. The van der Waals surface area contributed by atoms with Crippen LogP contribution in [-0.4, -0.2) is 17.8 Å². The normalized spacial score (nSPS) is 13.8. The summed E-state index contributed by atoms with van der Waals surface area (Å²) in [5.74, 6) is 0. The summed E-state index contributed by atoms with van der Waals surface area (Å²) in [5.41, 5.74) is -6.95. The Morgan fingerprint density at radius 2 is 0.882 bits per heavy atom. The van der Waals surface area contributed by atoms with Crippen LogP contribution in [-0.2, 0) is 24.7 Å². The van der Waals surface area contributed by atoms with Gasteiger partial charge in [0.25, 0.3) is 0 Å². The van der Waals surface area contributed by atoms with Crippen molar-refractivity contribution in [2.75, 3.05) is 13.1 Å². The third-order valence-electron chi connectivity index (χ3n) is 4.73. The highest BCUT2D eigenvalue weighted by Gasteiger charge is 2.44. The van der Waals surface area contributed by atoms with E-state index < -0.39 is 65.6 Å². The molecule has 0 atom stereocenters. The first-order valence-electron chi connectivity index (χ1n) is 9.44. The van der Waals surface area contributed by atoms with Gasteiger partial charge in [-0.3, -0.25) is 4.67 Å². The molecule has 0 aliphatic heterocycles. The molecule has 2 aromatic carbocycles. The van der Waals surface area contributed by atoms with Gasteiger partial charge >= 0.3 is 24.7 Å². The van der Waals surface area contributed by atoms with Gasteiger partial charge in [-0.1, -0.05) is 26.0 Å². The molecule has 0 bridgehead atoms. The molecule has 0 aliphatic rings. The lowest BCUT2D eigenvalue weighted by atomic mass is 10.1. The van der Waals surface area contributed by atoms with Crippen LogP contribution in [0.15, 0.2) is 36.4 Å². The van der Waals surface area contributed by atoms with Crippen LogP contribution >= 0.6 is 8.07 Å². The maximum absolute atomic E-state index is 13.8. The second-order valence-electron chi connectivity index (χ2n) is 6.91. The van der Waals surface area contributed by atoms with Gasteiger partial charge in [0.05, 0.1) is 22.3 Å². The summed E-state index contributed by atoms with van der Waals surface area (Å²) in [4.78, 5) is 0. The Morgan fingerprint density at radius 3 is 1.12 bits per heavy atom. The largest absolute Gasteiger partial charge is 0.417 e. The summed E-state index contributed by atoms with van der Waals surface area (Å²) >= 11 is 0.